The van der Waals surface area contributed by atoms with E-state index in [0.717, 1.165) is 144 Å². The van der Waals surface area contributed by atoms with Gasteiger partial charge in [0.1, 0.15) is 45.8 Å². The van der Waals surface area contributed by atoms with Crippen LogP contribution in [0.2, 0.25) is 0 Å². The molecule has 2 fully saturated rings. The number of esters is 1. The third-order valence-corrected chi connectivity index (χ3v) is 20.0. The van der Waals surface area contributed by atoms with Crippen LogP contribution in [0.5, 0.6) is 69.0 Å². The van der Waals surface area contributed by atoms with Gasteiger partial charge in [-0.25, -0.2) is 14.4 Å². The van der Waals surface area contributed by atoms with Crippen LogP contribution < -0.4 is 91.5 Å². The van der Waals surface area contributed by atoms with E-state index >= 15 is 0 Å². The number of hydrogen-bond donors (Lipinski definition) is 0. The summed E-state index contributed by atoms with van der Waals surface area (Å²) in [6, 6.07) is 35.5. The molecule has 2 heterocycles. The second-order valence-corrected chi connectivity index (χ2v) is 29.2. The number of ether oxygens (including phenoxy) is 17. The molecular formula is C84H122Br2ClN4NaO22+4. The maximum atomic E-state index is 13.2. The number of carboxylic acids is 1. The molecule has 114 heavy (non-hydrogen) atoms. The summed E-state index contributed by atoms with van der Waals surface area (Å²) in [7, 11) is 23.8. The number of carbonyl (C=O) groups excluding carboxylic acids is 4. The molecule has 2 aliphatic heterocycles. The fraction of sp³-hybridized carbons (Fsp3) is 0.524. The molecule has 2 aliphatic rings. The minimum atomic E-state index is -1.09. The molecule has 6 aromatic carbocycles. The van der Waals surface area contributed by atoms with Crippen LogP contribution >= 0.6 is 45.6 Å². The number of unbranched alkanes of at least 4 members (excludes halogenated alkanes) is 2. The quantitative estimate of drug-likeness (QED) is 0.00658. The van der Waals surface area contributed by atoms with Crippen LogP contribution in [0.15, 0.2) is 109 Å². The molecule has 0 aromatic heterocycles. The van der Waals surface area contributed by atoms with Crippen LogP contribution in [0, 0.1) is 0 Å². The van der Waals surface area contributed by atoms with Crippen LogP contribution in [-0.4, -0.2) is 219 Å². The van der Waals surface area contributed by atoms with E-state index in [1.54, 1.807) is 92.2 Å². The number of benzene rings is 6. The Morgan fingerprint density at radius 2 is 0.640 bits per heavy atom. The fourth-order valence-electron chi connectivity index (χ4n) is 14.6. The molecule has 2 saturated heterocycles. The second-order valence-electron chi connectivity index (χ2n) is 28.6. The van der Waals surface area contributed by atoms with Crippen molar-refractivity contribution < 1.29 is 152 Å². The third-order valence-electron chi connectivity index (χ3n) is 19.9. The number of piperidine rings is 2. The van der Waals surface area contributed by atoms with Gasteiger partial charge in [-0.1, -0.05) is 11.6 Å². The van der Waals surface area contributed by atoms with E-state index < -0.39 is 36.1 Å². The van der Waals surface area contributed by atoms with Crippen LogP contribution in [0.3, 0.4) is 0 Å². The van der Waals surface area contributed by atoms with Crippen molar-refractivity contribution in [2.75, 3.05) is 165 Å². The molecule has 2 atom stereocenters. The number of aliphatic carboxylic acids is 1. The largest absolute Gasteiger partial charge is 1.00 e. The Morgan fingerprint density at radius 3 is 0.912 bits per heavy atom. The molecule has 30 heteroatoms. The van der Waals surface area contributed by atoms with Gasteiger partial charge in [-0.15, -0.1) is 34.0 Å². The number of rotatable bonds is 41. The topological polar surface area (TPSA) is 248 Å². The molecule has 628 valence electrons. The first kappa shape index (κ1) is 101. The Balaban J connectivity index is 0.000000486. The molecule has 0 N–H and O–H groups in total. The van der Waals surface area contributed by atoms with Crippen molar-refractivity contribution in [3.8, 4) is 69.0 Å². The first-order valence-corrected chi connectivity index (χ1v) is 38.1. The van der Waals surface area contributed by atoms with E-state index in [1.165, 1.54) is 13.3 Å². The molecule has 0 radical (unpaired) electrons. The Kier molecular flexibility index (Phi) is 45.5. The van der Waals surface area contributed by atoms with E-state index in [1.807, 2.05) is 97.1 Å². The van der Waals surface area contributed by atoms with Gasteiger partial charge in [-0.05, 0) is 180 Å². The first-order valence-electron chi connectivity index (χ1n) is 37.6. The number of likely N-dealkylation sites (tertiary alicyclic amines) is 2. The van der Waals surface area contributed by atoms with Crippen LogP contribution in [-0.2, 0) is 72.5 Å². The maximum absolute atomic E-state index is 13.2. The van der Waals surface area contributed by atoms with Crippen molar-refractivity contribution in [3.63, 3.8) is 0 Å². The Labute approximate surface area is 722 Å². The van der Waals surface area contributed by atoms with E-state index in [2.05, 4.69) is 26.2 Å². The number of alkyl halides is 1. The van der Waals surface area contributed by atoms with Gasteiger partial charge in [-0.2, -0.15) is 0 Å². The normalized spacial score (nSPS) is 13.7. The Hall–Kier alpha value is -7.51. The van der Waals surface area contributed by atoms with Crippen LogP contribution in [0.25, 0.3) is 0 Å². The number of nitrogens with zero attached hydrogens (tertiary/aromatic N) is 4. The third kappa shape index (κ3) is 32.9. The minimum absolute atomic E-state index is 0. The van der Waals surface area contributed by atoms with E-state index in [9.17, 15) is 24.3 Å². The summed E-state index contributed by atoms with van der Waals surface area (Å²) in [6.45, 7) is 13.2. The Bertz CT molecular complexity index is 3770. The number of carboxylic acid groups (broad SMARTS) is 1. The SMILES string of the molecule is Br.Br.COc1ccc(C[N+](C)(CCCCOC(=O)OC(C)Cl)Cc2ccc(OC)c(OC)c2)cc1OC.COc1ccc(C[N+](C)(CCCCOC(=O)OC(C)OC(=O)C[N+]2(Cc3ccc(OC)c(OC)c3)CCCCC2)Cc2ccc(OC)c(OC)c2)cc1OC.COc1ccc(C[N+]2(CC(=O)[O-])CCCCC2)cc1OC.[Na+]. The molecule has 0 aliphatic carbocycles. The van der Waals surface area contributed by atoms with Gasteiger partial charge in [0, 0.05) is 40.3 Å². The molecule has 2 unspecified atom stereocenters. The van der Waals surface area contributed by atoms with Crippen molar-refractivity contribution in [2.45, 2.75) is 129 Å². The van der Waals surface area contributed by atoms with Crippen LogP contribution in [0.4, 0.5) is 9.59 Å². The molecular weight excluding hydrogens is 1640 g/mol. The summed E-state index contributed by atoms with van der Waals surface area (Å²) in [5.41, 5.74) is 5.84. The molecule has 26 nitrogen and oxygen atoms in total. The van der Waals surface area contributed by atoms with Crippen LogP contribution in [0.1, 0.15) is 111 Å². The van der Waals surface area contributed by atoms with Crippen molar-refractivity contribution in [1.29, 1.82) is 0 Å². The molecule has 0 saturated carbocycles. The summed E-state index contributed by atoms with van der Waals surface area (Å²) >= 11 is 5.65. The van der Waals surface area contributed by atoms with Gasteiger partial charge in [0.2, 0.25) is 6.29 Å². The van der Waals surface area contributed by atoms with Gasteiger partial charge >= 0.3 is 47.8 Å². The summed E-state index contributed by atoms with van der Waals surface area (Å²) in [4.78, 5) is 48.4. The summed E-state index contributed by atoms with van der Waals surface area (Å²) < 4.78 is 93.9. The standard InChI is InChI=1S/C42H60N2O11.C26H37ClNO7.C16H23NO4.2BrH.Na/c1-31(54-41(45)30-44(21-10-9-11-22-44)29-34-16-19-37(49-5)40(26-34)52-8)55-42(46)53-23-13-12-20-43(2,27-32-14-17-35(47-3)38(24-32)50-6)28-33-15-18-36(48-4)39(25-33)51-7;1-19(27)35-26(29)34-14-8-7-13-28(2,17-20-9-11-22(30-3)24(15-20)32-5)18-21-10-12-23(31-4)25(16-21)33-6;1-20-14-7-6-13(10-15(14)21-2)11-17(12-16(18)19)8-4-3-5-9-17;;;/h14-19,24-26,31H,9-13,20-23,27-30H2,1-8H3;9-12,15-16,19H,7-8,13-14,17-18H2,1-6H3;6-7,10H,3-5,8-9,11-12H2,1-2H3;2*1H;/q+2;+1;;;;+1. The number of carbonyl (C=O) groups is 4. The predicted octanol–water partition coefficient (Wildman–Crippen LogP) is 11.4. The zero-order valence-corrected chi connectivity index (χ0v) is 76.1. The summed E-state index contributed by atoms with van der Waals surface area (Å²) in [5.74, 6) is 6.75. The number of halogens is 3. The maximum Gasteiger partial charge on any atom is 1.00 e. The average molecular weight is 1760 g/mol. The zero-order chi connectivity index (χ0) is 81.0. The van der Waals surface area contributed by atoms with E-state index in [4.69, 9.17) is 92.1 Å². The molecule has 0 bridgehead atoms. The number of quaternary nitrogens is 4. The van der Waals surface area contributed by atoms with Crippen molar-refractivity contribution >= 4 is 69.8 Å². The monoisotopic (exact) mass is 1750 g/mol. The van der Waals surface area contributed by atoms with Crippen molar-refractivity contribution in [3.05, 3.63) is 143 Å². The molecule has 0 spiro atoms. The smallest absolute Gasteiger partial charge is 0.544 e. The Morgan fingerprint density at radius 1 is 0.377 bits per heavy atom. The predicted molar refractivity (Wildman–Crippen MR) is 439 cm³/mol. The number of hydrogen-bond acceptors (Lipinski definition) is 22. The molecule has 8 rings (SSSR count). The first-order chi connectivity index (χ1) is 53.3. The van der Waals surface area contributed by atoms with Gasteiger partial charge in [0.15, 0.2) is 81.1 Å². The van der Waals surface area contributed by atoms with Gasteiger partial charge in [0.25, 0.3) is 0 Å². The number of methoxy groups -OCH3 is 12. The fourth-order valence-corrected chi connectivity index (χ4v) is 14.7. The van der Waals surface area contributed by atoms with Gasteiger partial charge < -0.3 is 108 Å². The molecule has 0 amide bonds. The second kappa shape index (κ2) is 51.5. The van der Waals surface area contributed by atoms with Crippen molar-refractivity contribution in [1.82, 2.24) is 0 Å². The van der Waals surface area contributed by atoms with Gasteiger partial charge in [0.05, 0.1) is 158 Å². The summed E-state index contributed by atoms with van der Waals surface area (Å²) in [5, 5.41) is 11.1. The average Bonchev–Trinajstić information content (AvgIpc) is 0.841. The molecule has 6 aromatic rings. The van der Waals surface area contributed by atoms with E-state index in [0.29, 0.717) is 113 Å². The van der Waals surface area contributed by atoms with E-state index in [-0.39, 0.29) is 89.8 Å². The van der Waals surface area contributed by atoms with Crippen molar-refractivity contribution in [2.24, 2.45) is 0 Å². The minimum Gasteiger partial charge on any atom is -0.544 e. The van der Waals surface area contributed by atoms with Gasteiger partial charge in [-0.3, -0.25) is 0 Å². The summed E-state index contributed by atoms with van der Waals surface area (Å²) in [6.07, 6.45) is 6.71. The zero-order valence-electron chi connectivity index (χ0n) is 69.9.